The zero-order valence-electron chi connectivity index (χ0n) is 18.6. The van der Waals surface area contributed by atoms with Gasteiger partial charge in [0.2, 0.25) is 0 Å². The molecule has 0 fully saturated rings. The molecule has 7 aromatic rings. The molecule has 5 aromatic carbocycles. The van der Waals surface area contributed by atoms with Crippen LogP contribution in [0.2, 0.25) is 0 Å². The summed E-state index contributed by atoms with van der Waals surface area (Å²) in [5.74, 6) is 0. The minimum absolute atomic E-state index is 0.531. The number of nitrogens with zero attached hydrogens (tertiary/aromatic N) is 2. The molecule has 162 valence electrons. The number of para-hydroxylation sites is 3. The number of hydrogen-bond donors (Lipinski definition) is 1. The highest BCUT2D eigenvalue weighted by Gasteiger charge is 2.16. The predicted octanol–water partition coefficient (Wildman–Crippen LogP) is 7.34. The predicted molar refractivity (Wildman–Crippen MR) is 143 cm³/mol. The Kier molecular flexibility index (Phi) is 4.14. The first-order chi connectivity index (χ1) is 16.8. The van der Waals surface area contributed by atoms with Gasteiger partial charge in [0.15, 0.2) is 0 Å². The second-order valence-corrected chi connectivity index (χ2v) is 8.80. The van der Waals surface area contributed by atoms with Gasteiger partial charge in [-0.2, -0.15) is 0 Å². The van der Waals surface area contributed by atoms with Crippen LogP contribution in [-0.4, -0.2) is 9.13 Å². The zero-order valence-corrected chi connectivity index (χ0v) is 18.6. The van der Waals surface area contributed by atoms with E-state index in [9.17, 15) is 0 Å². The number of aromatic nitrogens is 2. The molecule has 0 saturated carbocycles. The summed E-state index contributed by atoms with van der Waals surface area (Å²) in [5, 5.41) is 5.05. The first kappa shape index (κ1) is 19.2. The molecule has 7 rings (SSSR count). The summed E-state index contributed by atoms with van der Waals surface area (Å²) in [6.07, 6.45) is 0. The highest BCUT2D eigenvalue weighted by Crippen LogP contribution is 2.36. The van der Waals surface area contributed by atoms with Crippen molar-refractivity contribution in [3.8, 4) is 11.4 Å². The van der Waals surface area contributed by atoms with Crippen molar-refractivity contribution in [1.82, 2.24) is 9.13 Å². The summed E-state index contributed by atoms with van der Waals surface area (Å²) in [5.41, 5.74) is 14.2. The lowest BCUT2D eigenvalue weighted by Crippen LogP contribution is -1.99. The van der Waals surface area contributed by atoms with Gasteiger partial charge < -0.3 is 14.9 Å². The Balaban J connectivity index is 1.56. The first-order valence-corrected chi connectivity index (χ1v) is 11.6. The van der Waals surface area contributed by atoms with Gasteiger partial charge >= 0.3 is 0 Å². The van der Waals surface area contributed by atoms with Gasteiger partial charge in [0.1, 0.15) is 0 Å². The van der Waals surface area contributed by atoms with Crippen molar-refractivity contribution in [3.05, 3.63) is 121 Å². The van der Waals surface area contributed by atoms with Gasteiger partial charge in [0.05, 0.1) is 22.1 Å². The molecule has 0 aliphatic rings. The third kappa shape index (κ3) is 2.68. The molecule has 3 nitrogen and oxygen atoms in total. The van der Waals surface area contributed by atoms with Crippen molar-refractivity contribution >= 4 is 43.6 Å². The van der Waals surface area contributed by atoms with Crippen molar-refractivity contribution in [2.45, 2.75) is 6.54 Å². The molecule has 0 atom stereocenters. The Morgan fingerprint density at radius 2 is 0.941 bits per heavy atom. The monoisotopic (exact) mass is 437 g/mol. The minimum atomic E-state index is 0.531. The second-order valence-electron chi connectivity index (χ2n) is 8.80. The maximum atomic E-state index is 5.95. The van der Waals surface area contributed by atoms with Gasteiger partial charge in [-0.15, -0.1) is 0 Å². The highest BCUT2D eigenvalue weighted by atomic mass is 15.0. The smallest absolute Gasteiger partial charge is 0.0542 e. The number of fused-ring (bicyclic) bond motifs is 6. The van der Waals surface area contributed by atoms with E-state index in [0.717, 1.165) is 11.3 Å². The molecule has 34 heavy (non-hydrogen) atoms. The maximum absolute atomic E-state index is 5.95. The van der Waals surface area contributed by atoms with E-state index >= 15 is 0 Å². The van der Waals surface area contributed by atoms with E-state index in [-0.39, 0.29) is 0 Å². The summed E-state index contributed by atoms with van der Waals surface area (Å²) >= 11 is 0. The van der Waals surface area contributed by atoms with Crippen LogP contribution in [0.4, 0.5) is 0 Å². The summed E-state index contributed by atoms with van der Waals surface area (Å²) in [6.45, 7) is 0.531. The lowest BCUT2D eigenvalue weighted by molar-refractivity contribution is 1.06. The van der Waals surface area contributed by atoms with Crippen molar-refractivity contribution in [1.29, 1.82) is 0 Å². The normalized spacial score (nSPS) is 11.8. The van der Waals surface area contributed by atoms with Crippen LogP contribution < -0.4 is 5.73 Å². The van der Waals surface area contributed by atoms with Crippen molar-refractivity contribution in [2.75, 3.05) is 0 Å². The third-order valence-corrected chi connectivity index (χ3v) is 6.90. The van der Waals surface area contributed by atoms with Crippen molar-refractivity contribution < 1.29 is 0 Å². The molecule has 0 radical (unpaired) electrons. The molecule has 0 saturated heterocycles. The Morgan fingerprint density at radius 3 is 1.53 bits per heavy atom. The van der Waals surface area contributed by atoms with Crippen LogP contribution in [0.25, 0.3) is 55.0 Å². The summed E-state index contributed by atoms with van der Waals surface area (Å²) < 4.78 is 4.73. The zero-order chi connectivity index (χ0) is 22.6. The molecular weight excluding hydrogens is 414 g/mol. The van der Waals surface area contributed by atoms with Crippen LogP contribution in [0.15, 0.2) is 115 Å². The lowest BCUT2D eigenvalue weighted by Gasteiger charge is -2.11. The Hall–Kier alpha value is -4.34. The van der Waals surface area contributed by atoms with E-state index in [0.29, 0.717) is 6.54 Å². The number of hydrogen-bond acceptors (Lipinski definition) is 1. The molecule has 2 aromatic heterocycles. The van der Waals surface area contributed by atoms with Crippen LogP contribution in [-0.2, 0) is 6.54 Å². The van der Waals surface area contributed by atoms with Gasteiger partial charge in [-0.1, -0.05) is 66.7 Å². The fourth-order valence-corrected chi connectivity index (χ4v) is 5.40. The standard InChI is InChI=1S/C31H23N3/c32-20-21-8-7-9-22(18-21)33-30-15-6-3-12-26(30)27-19-23(16-17-31(27)33)34-28-13-4-1-10-24(28)25-11-2-5-14-29(25)34/h1-19H,20,32H2. The fraction of sp³-hybridized carbons (Fsp3) is 0.0323. The molecule has 3 heteroatoms. The van der Waals surface area contributed by atoms with E-state index in [2.05, 4.69) is 124 Å². The second kappa shape index (κ2) is 7.34. The number of rotatable bonds is 3. The largest absolute Gasteiger partial charge is 0.326 e. The Morgan fingerprint density at radius 1 is 0.441 bits per heavy atom. The van der Waals surface area contributed by atoms with Gasteiger partial charge in [-0.3, -0.25) is 0 Å². The number of nitrogens with two attached hydrogens (primary N) is 1. The minimum Gasteiger partial charge on any atom is -0.326 e. The van der Waals surface area contributed by atoms with Crippen LogP contribution in [0, 0.1) is 0 Å². The quantitative estimate of drug-likeness (QED) is 0.308. The molecule has 0 unspecified atom stereocenters. The van der Waals surface area contributed by atoms with Crippen LogP contribution >= 0.6 is 0 Å². The van der Waals surface area contributed by atoms with Crippen LogP contribution in [0.3, 0.4) is 0 Å². The fourth-order valence-electron chi connectivity index (χ4n) is 5.40. The Bertz CT molecular complexity index is 1800. The Labute approximate surface area is 197 Å². The maximum Gasteiger partial charge on any atom is 0.0542 e. The summed E-state index contributed by atoms with van der Waals surface area (Å²) in [7, 11) is 0. The number of benzene rings is 5. The first-order valence-electron chi connectivity index (χ1n) is 11.6. The van der Waals surface area contributed by atoms with Gasteiger partial charge in [-0.05, 0) is 54.1 Å². The average Bonchev–Trinajstić information content (AvgIpc) is 3.41. The molecular formula is C31H23N3. The van der Waals surface area contributed by atoms with E-state index in [1.807, 2.05) is 0 Å². The van der Waals surface area contributed by atoms with Gasteiger partial charge in [0, 0.05) is 39.5 Å². The van der Waals surface area contributed by atoms with E-state index in [1.54, 1.807) is 0 Å². The van der Waals surface area contributed by atoms with Crippen LogP contribution in [0.1, 0.15) is 5.56 Å². The molecule has 0 aliphatic carbocycles. The molecule has 2 N–H and O–H groups in total. The van der Waals surface area contributed by atoms with Gasteiger partial charge in [-0.25, -0.2) is 0 Å². The lowest BCUT2D eigenvalue weighted by atomic mass is 10.1. The van der Waals surface area contributed by atoms with Crippen molar-refractivity contribution in [3.63, 3.8) is 0 Å². The third-order valence-electron chi connectivity index (χ3n) is 6.90. The van der Waals surface area contributed by atoms with E-state index in [4.69, 9.17) is 5.73 Å². The SMILES string of the molecule is NCc1cccc(-n2c3ccccc3c3cc(-n4c5ccccc5c5ccccc54)ccc32)c1. The highest BCUT2D eigenvalue weighted by molar-refractivity contribution is 6.12. The average molecular weight is 438 g/mol. The molecule has 0 spiro atoms. The van der Waals surface area contributed by atoms with Gasteiger partial charge in [0.25, 0.3) is 0 Å². The molecule has 2 heterocycles. The molecule has 0 aliphatic heterocycles. The van der Waals surface area contributed by atoms with E-state index < -0.39 is 0 Å². The van der Waals surface area contributed by atoms with E-state index in [1.165, 1.54) is 49.3 Å². The molecule has 0 bridgehead atoms. The summed E-state index contributed by atoms with van der Waals surface area (Å²) in [4.78, 5) is 0. The summed E-state index contributed by atoms with van der Waals surface area (Å²) in [6, 6.07) is 41.3. The molecule has 0 amide bonds. The van der Waals surface area contributed by atoms with Crippen molar-refractivity contribution in [2.24, 2.45) is 5.73 Å². The topological polar surface area (TPSA) is 35.9 Å². The van der Waals surface area contributed by atoms with Crippen LogP contribution in [0.5, 0.6) is 0 Å².